The Morgan fingerprint density at radius 3 is 2.36 bits per heavy atom. The van der Waals surface area contributed by atoms with Gasteiger partial charge in [0.25, 0.3) is 0 Å². The first-order chi connectivity index (χ1) is 6.74. The fourth-order valence-electron chi connectivity index (χ4n) is 2.13. The van der Waals surface area contributed by atoms with Crippen LogP contribution < -0.4 is 5.32 Å². The van der Waals surface area contributed by atoms with E-state index in [9.17, 15) is 4.79 Å². The summed E-state index contributed by atoms with van der Waals surface area (Å²) in [6.07, 6.45) is 7.89. The van der Waals surface area contributed by atoms with Crippen molar-refractivity contribution in [3.05, 3.63) is 0 Å². The summed E-state index contributed by atoms with van der Waals surface area (Å²) >= 11 is 0. The Bertz CT molecular complexity index is 174. The number of hydrogen-bond donors (Lipinski definition) is 1. The normalized spacial score (nSPS) is 19.4. The van der Waals surface area contributed by atoms with Gasteiger partial charge < -0.3 is 5.32 Å². The van der Waals surface area contributed by atoms with Crippen molar-refractivity contribution in [3.8, 4) is 0 Å². The van der Waals surface area contributed by atoms with E-state index in [4.69, 9.17) is 0 Å². The SMILES string of the molecule is CNC(=O)CN(C)C1CCCCCC1. The summed E-state index contributed by atoms with van der Waals surface area (Å²) in [6.45, 7) is 0.543. The minimum atomic E-state index is 0.122. The molecule has 0 radical (unpaired) electrons. The predicted molar refractivity (Wildman–Crippen MR) is 58.2 cm³/mol. The van der Waals surface area contributed by atoms with Crippen LogP contribution in [0.25, 0.3) is 0 Å². The van der Waals surface area contributed by atoms with Gasteiger partial charge in [0.2, 0.25) is 5.91 Å². The molecule has 0 spiro atoms. The van der Waals surface area contributed by atoms with E-state index in [0.29, 0.717) is 12.6 Å². The molecule has 0 bridgehead atoms. The lowest BCUT2D eigenvalue weighted by atomic mass is 10.1. The van der Waals surface area contributed by atoms with Crippen molar-refractivity contribution in [2.24, 2.45) is 0 Å². The topological polar surface area (TPSA) is 32.3 Å². The monoisotopic (exact) mass is 198 g/mol. The molecule has 3 nitrogen and oxygen atoms in total. The Balaban J connectivity index is 2.33. The second-order valence-electron chi connectivity index (χ2n) is 4.23. The zero-order valence-electron chi connectivity index (χ0n) is 9.38. The fourth-order valence-corrected chi connectivity index (χ4v) is 2.13. The summed E-state index contributed by atoms with van der Waals surface area (Å²) in [6, 6.07) is 0.620. The summed E-state index contributed by atoms with van der Waals surface area (Å²) in [7, 11) is 3.76. The molecule has 1 saturated carbocycles. The molecular weight excluding hydrogens is 176 g/mol. The molecular formula is C11H22N2O. The third kappa shape index (κ3) is 3.66. The van der Waals surface area contributed by atoms with E-state index in [1.54, 1.807) is 7.05 Å². The first-order valence-electron chi connectivity index (χ1n) is 5.65. The molecule has 1 rings (SSSR count). The Morgan fingerprint density at radius 2 is 1.86 bits per heavy atom. The maximum atomic E-state index is 11.2. The summed E-state index contributed by atoms with van der Waals surface area (Å²) < 4.78 is 0. The summed E-state index contributed by atoms with van der Waals surface area (Å²) in [5.41, 5.74) is 0. The minimum Gasteiger partial charge on any atom is -0.358 e. The van der Waals surface area contributed by atoms with Crippen molar-refractivity contribution in [1.29, 1.82) is 0 Å². The van der Waals surface area contributed by atoms with Gasteiger partial charge in [-0.2, -0.15) is 0 Å². The third-order valence-electron chi connectivity index (χ3n) is 3.12. The third-order valence-corrected chi connectivity index (χ3v) is 3.12. The Labute approximate surface area is 86.9 Å². The van der Waals surface area contributed by atoms with Crippen LogP contribution in [0.3, 0.4) is 0 Å². The number of likely N-dealkylation sites (N-methyl/N-ethyl adjacent to an activating group) is 2. The van der Waals surface area contributed by atoms with Gasteiger partial charge >= 0.3 is 0 Å². The highest BCUT2D eigenvalue weighted by Crippen LogP contribution is 2.20. The molecule has 0 aliphatic heterocycles. The first-order valence-corrected chi connectivity index (χ1v) is 5.65. The lowest BCUT2D eigenvalue weighted by Gasteiger charge is -2.25. The molecule has 0 unspecified atom stereocenters. The van der Waals surface area contributed by atoms with Gasteiger partial charge in [0.1, 0.15) is 0 Å². The van der Waals surface area contributed by atoms with Crippen LogP contribution in [-0.2, 0) is 4.79 Å². The fraction of sp³-hybridized carbons (Fsp3) is 0.909. The van der Waals surface area contributed by atoms with Crippen LogP contribution in [0.5, 0.6) is 0 Å². The molecule has 0 saturated heterocycles. The van der Waals surface area contributed by atoms with E-state index in [2.05, 4.69) is 17.3 Å². The number of nitrogens with zero attached hydrogens (tertiary/aromatic N) is 1. The van der Waals surface area contributed by atoms with Gasteiger partial charge in [0, 0.05) is 13.1 Å². The summed E-state index contributed by atoms with van der Waals surface area (Å²) in [5, 5.41) is 2.67. The van der Waals surface area contributed by atoms with E-state index in [0.717, 1.165) is 0 Å². The van der Waals surface area contributed by atoms with Crippen molar-refractivity contribution in [1.82, 2.24) is 10.2 Å². The Hall–Kier alpha value is -0.570. The predicted octanol–water partition coefficient (Wildman–Crippen LogP) is 1.39. The van der Waals surface area contributed by atoms with Gasteiger partial charge in [-0.3, -0.25) is 9.69 Å². The molecule has 1 amide bonds. The van der Waals surface area contributed by atoms with Gasteiger partial charge in [0.05, 0.1) is 6.54 Å². The largest absolute Gasteiger partial charge is 0.358 e. The highest BCUT2D eigenvalue weighted by Gasteiger charge is 2.18. The van der Waals surface area contributed by atoms with Crippen molar-refractivity contribution in [2.75, 3.05) is 20.6 Å². The smallest absolute Gasteiger partial charge is 0.233 e. The van der Waals surface area contributed by atoms with Crippen LogP contribution in [0.2, 0.25) is 0 Å². The zero-order chi connectivity index (χ0) is 10.4. The van der Waals surface area contributed by atoms with Crippen molar-refractivity contribution in [2.45, 2.75) is 44.6 Å². The van der Waals surface area contributed by atoms with Crippen LogP contribution in [0, 0.1) is 0 Å². The Morgan fingerprint density at radius 1 is 1.29 bits per heavy atom. The van der Waals surface area contributed by atoms with E-state index < -0.39 is 0 Å². The average molecular weight is 198 g/mol. The molecule has 0 aromatic rings. The minimum absolute atomic E-state index is 0.122. The van der Waals surface area contributed by atoms with Gasteiger partial charge in [0.15, 0.2) is 0 Å². The van der Waals surface area contributed by atoms with Crippen LogP contribution in [0.15, 0.2) is 0 Å². The van der Waals surface area contributed by atoms with E-state index in [1.165, 1.54) is 38.5 Å². The molecule has 0 aromatic carbocycles. The molecule has 0 aromatic heterocycles. The lowest BCUT2D eigenvalue weighted by molar-refractivity contribution is -0.122. The number of nitrogens with one attached hydrogen (secondary N) is 1. The van der Waals surface area contributed by atoms with Gasteiger partial charge in [-0.1, -0.05) is 25.7 Å². The summed E-state index contributed by atoms with van der Waals surface area (Å²) in [5.74, 6) is 0.122. The number of carbonyl (C=O) groups is 1. The highest BCUT2D eigenvalue weighted by molar-refractivity contribution is 5.77. The molecule has 1 aliphatic rings. The van der Waals surface area contributed by atoms with Gasteiger partial charge in [-0.05, 0) is 19.9 Å². The number of rotatable bonds is 3. The number of amides is 1. The molecule has 1 N–H and O–H groups in total. The molecule has 0 atom stereocenters. The quantitative estimate of drug-likeness (QED) is 0.695. The van der Waals surface area contributed by atoms with E-state index >= 15 is 0 Å². The highest BCUT2D eigenvalue weighted by atomic mass is 16.1. The molecule has 1 aliphatic carbocycles. The maximum absolute atomic E-state index is 11.2. The van der Waals surface area contributed by atoms with Crippen molar-refractivity contribution >= 4 is 5.91 Å². The van der Waals surface area contributed by atoms with Crippen molar-refractivity contribution < 1.29 is 4.79 Å². The summed E-state index contributed by atoms with van der Waals surface area (Å²) in [4.78, 5) is 13.4. The van der Waals surface area contributed by atoms with Crippen LogP contribution >= 0.6 is 0 Å². The van der Waals surface area contributed by atoms with E-state index in [1.807, 2.05) is 0 Å². The molecule has 14 heavy (non-hydrogen) atoms. The van der Waals surface area contributed by atoms with Crippen LogP contribution in [0.4, 0.5) is 0 Å². The molecule has 0 heterocycles. The van der Waals surface area contributed by atoms with Crippen LogP contribution in [-0.4, -0.2) is 37.5 Å². The molecule has 82 valence electrons. The van der Waals surface area contributed by atoms with Gasteiger partial charge in [-0.15, -0.1) is 0 Å². The second kappa shape index (κ2) is 6.02. The zero-order valence-corrected chi connectivity index (χ0v) is 9.38. The van der Waals surface area contributed by atoms with Crippen LogP contribution in [0.1, 0.15) is 38.5 Å². The lowest BCUT2D eigenvalue weighted by Crippen LogP contribution is -2.39. The maximum Gasteiger partial charge on any atom is 0.233 e. The average Bonchev–Trinajstić information content (AvgIpc) is 2.45. The molecule has 3 heteroatoms. The Kier molecular flexibility index (Phi) is 4.94. The molecule has 1 fully saturated rings. The second-order valence-corrected chi connectivity index (χ2v) is 4.23. The standard InChI is InChI=1S/C11H22N2O/c1-12-11(14)9-13(2)10-7-5-3-4-6-8-10/h10H,3-9H2,1-2H3,(H,12,14). The number of hydrogen-bond acceptors (Lipinski definition) is 2. The number of carbonyl (C=O) groups excluding carboxylic acids is 1. The van der Waals surface area contributed by atoms with Gasteiger partial charge in [-0.25, -0.2) is 0 Å². The first kappa shape index (κ1) is 11.5. The van der Waals surface area contributed by atoms with Crippen molar-refractivity contribution in [3.63, 3.8) is 0 Å². The van der Waals surface area contributed by atoms with E-state index in [-0.39, 0.29) is 5.91 Å².